The fourth-order valence-corrected chi connectivity index (χ4v) is 4.02. The third kappa shape index (κ3) is 2.96. The molecule has 146 valence electrons. The van der Waals surface area contributed by atoms with Crippen LogP contribution in [-0.2, 0) is 4.79 Å². The van der Waals surface area contributed by atoms with E-state index in [0.29, 0.717) is 5.57 Å². The minimum atomic E-state index is 0.0554. The maximum Gasteiger partial charge on any atom is 0.194 e. The van der Waals surface area contributed by atoms with Crippen molar-refractivity contribution in [2.45, 2.75) is 0 Å². The Balaban J connectivity index is 1.49. The van der Waals surface area contributed by atoms with Gasteiger partial charge >= 0.3 is 0 Å². The van der Waals surface area contributed by atoms with Crippen molar-refractivity contribution >= 4 is 23.0 Å². The summed E-state index contributed by atoms with van der Waals surface area (Å²) in [5.74, 6) is 1.66. The largest absolute Gasteiger partial charge is 0.497 e. The summed E-state index contributed by atoms with van der Waals surface area (Å²) in [7, 11) is 3.30. The van der Waals surface area contributed by atoms with Crippen LogP contribution in [0.1, 0.15) is 16.7 Å². The molecule has 0 heterocycles. The number of ketones is 1. The van der Waals surface area contributed by atoms with E-state index < -0.39 is 0 Å². The van der Waals surface area contributed by atoms with Crippen molar-refractivity contribution in [3.05, 3.63) is 101 Å². The molecule has 2 aliphatic carbocycles. The van der Waals surface area contributed by atoms with E-state index in [0.717, 1.165) is 50.5 Å². The lowest BCUT2D eigenvalue weighted by atomic mass is 9.87. The Morgan fingerprint density at radius 2 is 1.17 bits per heavy atom. The van der Waals surface area contributed by atoms with Crippen molar-refractivity contribution in [3.63, 3.8) is 0 Å². The predicted molar refractivity (Wildman–Crippen MR) is 120 cm³/mol. The lowest BCUT2D eigenvalue weighted by Gasteiger charge is -2.15. The molecule has 0 amide bonds. The fourth-order valence-electron chi connectivity index (χ4n) is 4.02. The second-order valence-corrected chi connectivity index (χ2v) is 7.31. The first-order chi connectivity index (χ1) is 14.7. The number of allylic oxidation sites excluding steroid dienone is 5. The number of methoxy groups -OCH3 is 2. The van der Waals surface area contributed by atoms with E-state index in [1.54, 1.807) is 14.2 Å². The lowest BCUT2D eigenvalue weighted by Crippen LogP contribution is -2.08. The van der Waals surface area contributed by atoms with Crippen LogP contribution in [0.4, 0.5) is 0 Å². The highest BCUT2D eigenvalue weighted by Gasteiger charge is 2.29. The molecule has 30 heavy (non-hydrogen) atoms. The number of fused-ring (bicyclic) bond motifs is 3. The Morgan fingerprint density at radius 1 is 0.600 bits per heavy atom. The molecule has 0 bridgehead atoms. The van der Waals surface area contributed by atoms with Gasteiger partial charge in [0.25, 0.3) is 0 Å². The third-order valence-electron chi connectivity index (χ3n) is 5.66. The van der Waals surface area contributed by atoms with Gasteiger partial charge in [0.1, 0.15) is 11.5 Å². The first-order valence-electron chi connectivity index (χ1n) is 9.80. The van der Waals surface area contributed by atoms with E-state index in [9.17, 15) is 4.79 Å². The number of carbonyl (C=O) groups excluding carboxylic acids is 1. The summed E-state index contributed by atoms with van der Waals surface area (Å²) in [5, 5.41) is 0. The number of hydrogen-bond acceptors (Lipinski definition) is 3. The van der Waals surface area contributed by atoms with E-state index in [1.807, 2.05) is 66.8 Å². The number of ether oxygens (including phenoxy) is 2. The van der Waals surface area contributed by atoms with Crippen molar-refractivity contribution in [1.82, 2.24) is 0 Å². The molecule has 0 aliphatic heterocycles. The molecular formula is C27H20O3. The molecule has 0 radical (unpaired) electrons. The predicted octanol–water partition coefficient (Wildman–Crippen LogP) is 5.82. The minimum Gasteiger partial charge on any atom is -0.497 e. The van der Waals surface area contributed by atoms with Crippen LogP contribution < -0.4 is 9.47 Å². The maximum absolute atomic E-state index is 13.2. The Hall–Kier alpha value is -3.85. The van der Waals surface area contributed by atoms with Gasteiger partial charge in [0, 0.05) is 11.1 Å². The monoisotopic (exact) mass is 392 g/mol. The van der Waals surface area contributed by atoms with E-state index in [1.165, 1.54) is 0 Å². The van der Waals surface area contributed by atoms with Gasteiger partial charge in [-0.15, -0.1) is 0 Å². The average molecular weight is 392 g/mol. The average Bonchev–Trinajstić information content (AvgIpc) is 3.18. The molecule has 3 aromatic carbocycles. The smallest absolute Gasteiger partial charge is 0.194 e. The first-order valence-corrected chi connectivity index (χ1v) is 9.80. The van der Waals surface area contributed by atoms with Crippen molar-refractivity contribution in [2.75, 3.05) is 14.2 Å². The van der Waals surface area contributed by atoms with Crippen LogP contribution in [0.25, 0.3) is 28.3 Å². The van der Waals surface area contributed by atoms with Crippen LogP contribution in [-0.4, -0.2) is 20.0 Å². The van der Waals surface area contributed by atoms with Gasteiger partial charge in [0.05, 0.1) is 14.2 Å². The molecule has 0 atom stereocenters. The third-order valence-corrected chi connectivity index (χ3v) is 5.66. The summed E-state index contributed by atoms with van der Waals surface area (Å²) >= 11 is 0. The fraction of sp³-hybridized carbons (Fsp3) is 0.0741. The summed E-state index contributed by atoms with van der Waals surface area (Å²) in [6.07, 6.45) is 5.97. The van der Waals surface area contributed by atoms with Crippen LogP contribution in [0.5, 0.6) is 11.5 Å². The van der Waals surface area contributed by atoms with Gasteiger partial charge in [-0.2, -0.15) is 0 Å². The highest BCUT2D eigenvalue weighted by Crippen LogP contribution is 2.42. The second-order valence-electron chi connectivity index (χ2n) is 7.31. The van der Waals surface area contributed by atoms with Crippen molar-refractivity contribution < 1.29 is 14.3 Å². The molecule has 0 saturated heterocycles. The van der Waals surface area contributed by atoms with E-state index >= 15 is 0 Å². The molecule has 3 aromatic rings. The standard InChI is InChI=1S/C27H20O3/c1-29-21-8-3-17(4-9-21)19-7-12-23-20(15-19)16-26-25(23)14-13-24(27(26)28)18-5-10-22(30-2)11-6-18/h3-16H,1-2H3. The van der Waals surface area contributed by atoms with E-state index in [2.05, 4.69) is 18.2 Å². The van der Waals surface area contributed by atoms with Crippen LogP contribution in [0.3, 0.4) is 0 Å². The van der Waals surface area contributed by atoms with Crippen LogP contribution in [0.15, 0.2) is 84.5 Å². The Kier molecular flexibility index (Phi) is 4.36. The van der Waals surface area contributed by atoms with Crippen molar-refractivity contribution in [3.8, 4) is 22.6 Å². The Morgan fingerprint density at radius 3 is 1.80 bits per heavy atom. The molecule has 0 spiro atoms. The number of benzene rings is 3. The normalized spacial score (nSPS) is 14.3. The summed E-state index contributed by atoms with van der Waals surface area (Å²) in [6.45, 7) is 0. The van der Waals surface area contributed by atoms with E-state index in [4.69, 9.17) is 9.47 Å². The molecule has 0 aromatic heterocycles. The summed E-state index contributed by atoms with van der Waals surface area (Å²) in [6, 6.07) is 21.9. The molecule has 0 fully saturated rings. The van der Waals surface area contributed by atoms with Gasteiger partial charge in [0.15, 0.2) is 5.78 Å². The highest BCUT2D eigenvalue weighted by atomic mass is 16.5. The van der Waals surface area contributed by atoms with Gasteiger partial charge in [-0.25, -0.2) is 0 Å². The zero-order chi connectivity index (χ0) is 20.7. The van der Waals surface area contributed by atoms with Crippen LogP contribution >= 0.6 is 0 Å². The molecule has 0 unspecified atom stereocenters. The molecule has 3 nitrogen and oxygen atoms in total. The number of rotatable bonds is 4. The quantitative estimate of drug-likeness (QED) is 0.561. The molecule has 0 N–H and O–H groups in total. The maximum atomic E-state index is 13.2. The van der Waals surface area contributed by atoms with E-state index in [-0.39, 0.29) is 5.78 Å². The summed E-state index contributed by atoms with van der Waals surface area (Å²) in [5.41, 5.74) is 7.75. The van der Waals surface area contributed by atoms with Gasteiger partial charge in [-0.05, 0) is 75.9 Å². The number of Topliss-reactive ketones (excluding diaryl/α,β-unsaturated/α-hetero) is 1. The Labute approximate surface area is 175 Å². The van der Waals surface area contributed by atoms with Crippen molar-refractivity contribution in [1.29, 1.82) is 0 Å². The van der Waals surface area contributed by atoms with Gasteiger partial charge in [0.2, 0.25) is 0 Å². The van der Waals surface area contributed by atoms with Gasteiger partial charge < -0.3 is 9.47 Å². The van der Waals surface area contributed by atoms with Gasteiger partial charge in [-0.3, -0.25) is 4.79 Å². The zero-order valence-corrected chi connectivity index (χ0v) is 16.8. The second kappa shape index (κ2) is 7.20. The highest BCUT2D eigenvalue weighted by molar-refractivity contribution is 6.38. The van der Waals surface area contributed by atoms with Crippen molar-refractivity contribution in [2.24, 2.45) is 0 Å². The first kappa shape index (κ1) is 18.2. The van der Waals surface area contributed by atoms with Gasteiger partial charge in [-0.1, -0.05) is 42.5 Å². The SMILES string of the molecule is COc1ccc(C2=CC=C3C(=Cc4cc(-c5ccc(OC)cc5)ccc43)C2=O)cc1. The molecule has 3 heteroatoms. The summed E-state index contributed by atoms with van der Waals surface area (Å²) < 4.78 is 10.5. The summed E-state index contributed by atoms with van der Waals surface area (Å²) in [4.78, 5) is 13.2. The molecular weight excluding hydrogens is 372 g/mol. The number of hydrogen-bond donors (Lipinski definition) is 0. The lowest BCUT2D eigenvalue weighted by molar-refractivity contribution is -0.110. The Bertz CT molecular complexity index is 1240. The zero-order valence-electron chi connectivity index (χ0n) is 16.8. The number of carbonyl (C=O) groups is 1. The molecule has 0 saturated carbocycles. The minimum absolute atomic E-state index is 0.0554. The van der Waals surface area contributed by atoms with Crippen LogP contribution in [0.2, 0.25) is 0 Å². The molecule has 2 aliphatic rings. The van der Waals surface area contributed by atoms with Crippen LogP contribution in [0, 0.1) is 0 Å². The topological polar surface area (TPSA) is 35.5 Å². The molecule has 5 rings (SSSR count).